The minimum Gasteiger partial charge on any atom is -0.378 e. The first-order valence-electron chi connectivity index (χ1n) is 11.4. The van der Waals surface area contributed by atoms with Gasteiger partial charge < -0.3 is 14.5 Å². The Balaban J connectivity index is 1.43. The van der Waals surface area contributed by atoms with Crippen LogP contribution in [0.3, 0.4) is 0 Å². The molecule has 0 unspecified atom stereocenters. The predicted molar refractivity (Wildman–Crippen MR) is 121 cm³/mol. The van der Waals surface area contributed by atoms with Gasteiger partial charge in [0, 0.05) is 57.1 Å². The summed E-state index contributed by atoms with van der Waals surface area (Å²) in [5.74, 6) is -0.444. The summed E-state index contributed by atoms with van der Waals surface area (Å²) in [7, 11) is 0. The van der Waals surface area contributed by atoms with Gasteiger partial charge in [-0.25, -0.2) is 4.39 Å². The number of carbonyl (C=O) groups excluding carboxylic acids is 1. The largest absolute Gasteiger partial charge is 0.378 e. The van der Waals surface area contributed by atoms with Gasteiger partial charge in [0.05, 0.1) is 30.1 Å². The number of hydrogen-bond acceptors (Lipinski definition) is 6. The van der Waals surface area contributed by atoms with Crippen molar-refractivity contribution in [2.75, 3.05) is 50.8 Å². The Kier molecular flexibility index (Phi) is 5.99. The Hall–Kier alpha value is -3.04. The van der Waals surface area contributed by atoms with E-state index in [1.54, 1.807) is 24.3 Å². The lowest BCUT2D eigenvalue weighted by Crippen LogP contribution is -2.61. The first-order valence-corrected chi connectivity index (χ1v) is 11.4. The molecule has 0 spiro atoms. The quantitative estimate of drug-likeness (QED) is 0.522. The monoisotopic (exact) mass is 454 g/mol. The molecule has 8 nitrogen and oxygen atoms in total. The summed E-state index contributed by atoms with van der Waals surface area (Å²) in [6.45, 7) is 5.13. The highest BCUT2D eigenvalue weighted by Crippen LogP contribution is 2.38. The number of piperazine rings is 1. The fraction of sp³-hybridized carbons (Fsp3) is 0.458. The molecule has 0 bridgehead atoms. The van der Waals surface area contributed by atoms with Gasteiger partial charge >= 0.3 is 0 Å². The Morgan fingerprint density at radius 3 is 2.58 bits per heavy atom. The van der Waals surface area contributed by atoms with Crippen molar-refractivity contribution in [3.05, 3.63) is 69.5 Å². The van der Waals surface area contributed by atoms with Crippen molar-refractivity contribution in [2.24, 2.45) is 5.92 Å². The lowest BCUT2D eigenvalue weighted by Gasteiger charge is -2.50. The third-order valence-corrected chi connectivity index (χ3v) is 6.95. The van der Waals surface area contributed by atoms with Crippen LogP contribution in [0.1, 0.15) is 11.1 Å². The molecule has 1 amide bonds. The van der Waals surface area contributed by atoms with Crippen LogP contribution >= 0.6 is 0 Å². The Morgan fingerprint density at radius 1 is 1.09 bits per heavy atom. The lowest BCUT2D eigenvalue weighted by atomic mass is 9.82. The van der Waals surface area contributed by atoms with Crippen molar-refractivity contribution in [3.63, 3.8) is 0 Å². The third kappa shape index (κ3) is 4.43. The molecule has 2 atom stereocenters. The molecular formula is C24H27FN4O4. The molecule has 2 saturated heterocycles. The Labute approximate surface area is 191 Å². The van der Waals surface area contributed by atoms with Crippen molar-refractivity contribution in [1.29, 1.82) is 0 Å². The van der Waals surface area contributed by atoms with Crippen LogP contribution in [0.25, 0.3) is 0 Å². The first-order chi connectivity index (χ1) is 16.0. The second-order valence-electron chi connectivity index (χ2n) is 8.94. The number of amides is 1. The molecule has 9 heteroatoms. The van der Waals surface area contributed by atoms with Crippen LogP contribution in [0.5, 0.6) is 0 Å². The van der Waals surface area contributed by atoms with Gasteiger partial charge in [0.15, 0.2) is 0 Å². The van der Waals surface area contributed by atoms with Gasteiger partial charge in [-0.1, -0.05) is 12.1 Å². The maximum atomic E-state index is 13.6. The topological polar surface area (TPSA) is 79.2 Å². The van der Waals surface area contributed by atoms with E-state index in [9.17, 15) is 19.3 Å². The number of nitrogens with zero attached hydrogens (tertiary/aromatic N) is 4. The zero-order chi connectivity index (χ0) is 22.9. The Bertz CT molecular complexity index is 1040. The molecule has 3 heterocycles. The number of hydrogen-bond donors (Lipinski definition) is 0. The molecule has 5 rings (SSSR count). The summed E-state index contributed by atoms with van der Waals surface area (Å²) in [6.07, 6.45) is 0.485. The van der Waals surface area contributed by atoms with E-state index in [2.05, 4.69) is 9.80 Å². The van der Waals surface area contributed by atoms with E-state index in [0.29, 0.717) is 45.8 Å². The summed E-state index contributed by atoms with van der Waals surface area (Å²) in [5, 5.41) is 11.3. The van der Waals surface area contributed by atoms with E-state index in [4.69, 9.17) is 4.74 Å². The van der Waals surface area contributed by atoms with Crippen molar-refractivity contribution in [1.82, 2.24) is 9.80 Å². The number of benzene rings is 2. The molecule has 2 aromatic rings. The minimum atomic E-state index is -0.383. The fourth-order valence-corrected chi connectivity index (χ4v) is 5.28. The van der Waals surface area contributed by atoms with E-state index in [1.165, 1.54) is 12.1 Å². The predicted octanol–water partition coefficient (Wildman–Crippen LogP) is 2.46. The van der Waals surface area contributed by atoms with Crippen LogP contribution in [0.15, 0.2) is 42.5 Å². The van der Waals surface area contributed by atoms with Crippen LogP contribution in [-0.2, 0) is 22.5 Å². The number of nitro groups is 1. The van der Waals surface area contributed by atoms with Crippen LogP contribution in [-0.4, -0.2) is 72.6 Å². The number of rotatable bonds is 4. The highest BCUT2D eigenvalue weighted by atomic mass is 19.1. The van der Waals surface area contributed by atoms with E-state index in [-0.39, 0.29) is 34.3 Å². The van der Waals surface area contributed by atoms with E-state index in [0.717, 1.165) is 29.9 Å². The number of ether oxygens (including phenoxy) is 1. The SMILES string of the molecule is O=C([C@@H]1Cc2cc([N+](=O)[O-])ccc2N2CCN(Cc3ccc(F)cc3)C[C@@H]12)N1CCOCC1. The number of anilines is 1. The summed E-state index contributed by atoms with van der Waals surface area (Å²) in [6, 6.07) is 11.5. The number of halogens is 1. The molecule has 0 aliphatic carbocycles. The number of nitro benzene ring substituents is 1. The zero-order valence-corrected chi connectivity index (χ0v) is 18.4. The number of non-ortho nitro benzene ring substituents is 1. The second kappa shape index (κ2) is 9.07. The molecule has 0 radical (unpaired) electrons. The number of carbonyl (C=O) groups is 1. The summed E-state index contributed by atoms with van der Waals surface area (Å²) < 4.78 is 18.7. The van der Waals surface area contributed by atoms with Crippen molar-refractivity contribution < 1.29 is 18.8 Å². The maximum Gasteiger partial charge on any atom is 0.269 e. The van der Waals surface area contributed by atoms with Gasteiger partial charge in [0.25, 0.3) is 5.69 Å². The lowest BCUT2D eigenvalue weighted by molar-refractivity contribution is -0.384. The zero-order valence-electron chi connectivity index (χ0n) is 18.4. The van der Waals surface area contributed by atoms with Crippen molar-refractivity contribution >= 4 is 17.3 Å². The fourth-order valence-electron chi connectivity index (χ4n) is 5.28. The molecule has 174 valence electrons. The molecule has 3 aliphatic heterocycles. The van der Waals surface area contributed by atoms with E-state index in [1.807, 2.05) is 11.0 Å². The Morgan fingerprint density at radius 2 is 1.85 bits per heavy atom. The molecule has 0 aromatic heterocycles. The van der Waals surface area contributed by atoms with Gasteiger partial charge in [0.2, 0.25) is 5.91 Å². The van der Waals surface area contributed by atoms with Crippen LogP contribution in [0.4, 0.5) is 15.8 Å². The number of morpholine rings is 1. The highest BCUT2D eigenvalue weighted by Gasteiger charge is 2.43. The normalized spacial score (nSPS) is 23.1. The smallest absolute Gasteiger partial charge is 0.269 e. The molecule has 3 aliphatic rings. The van der Waals surface area contributed by atoms with E-state index >= 15 is 0 Å². The summed E-state index contributed by atoms with van der Waals surface area (Å²) in [5.41, 5.74) is 2.93. The van der Waals surface area contributed by atoms with Gasteiger partial charge in [-0.15, -0.1) is 0 Å². The van der Waals surface area contributed by atoms with E-state index < -0.39 is 0 Å². The number of fused-ring (bicyclic) bond motifs is 3. The van der Waals surface area contributed by atoms with Gasteiger partial charge in [-0.3, -0.25) is 19.8 Å². The molecule has 0 saturated carbocycles. The second-order valence-corrected chi connectivity index (χ2v) is 8.94. The highest BCUT2D eigenvalue weighted by molar-refractivity contribution is 5.82. The molecule has 2 aromatic carbocycles. The average molecular weight is 455 g/mol. The van der Waals surface area contributed by atoms with Crippen LogP contribution in [0.2, 0.25) is 0 Å². The molecular weight excluding hydrogens is 427 g/mol. The third-order valence-electron chi connectivity index (χ3n) is 6.95. The molecule has 0 N–H and O–H groups in total. The van der Waals surface area contributed by atoms with Crippen molar-refractivity contribution in [3.8, 4) is 0 Å². The maximum absolute atomic E-state index is 13.6. The summed E-state index contributed by atoms with van der Waals surface area (Å²) >= 11 is 0. The van der Waals surface area contributed by atoms with Crippen LogP contribution in [0, 0.1) is 21.8 Å². The standard InChI is InChI=1S/C24H27FN4O4/c25-19-3-1-17(2-4-19)15-26-7-8-28-22-6-5-20(29(31)32)13-18(22)14-21(23(28)16-26)24(30)27-9-11-33-12-10-27/h1-6,13,21,23H,7-12,14-16H2/t21-,23+/m1/s1. The van der Waals surface area contributed by atoms with Gasteiger partial charge in [0.1, 0.15) is 5.82 Å². The summed E-state index contributed by atoms with van der Waals surface area (Å²) in [4.78, 5) is 31.0. The van der Waals surface area contributed by atoms with Crippen LogP contribution < -0.4 is 4.90 Å². The average Bonchev–Trinajstić information content (AvgIpc) is 2.84. The molecule has 2 fully saturated rings. The first kappa shape index (κ1) is 21.8. The van der Waals surface area contributed by atoms with Crippen molar-refractivity contribution in [2.45, 2.75) is 19.0 Å². The molecule has 33 heavy (non-hydrogen) atoms. The van der Waals surface area contributed by atoms with Gasteiger partial charge in [-0.05, 0) is 35.7 Å². The minimum absolute atomic E-state index is 0.0245. The van der Waals surface area contributed by atoms with Gasteiger partial charge in [-0.2, -0.15) is 0 Å².